The number of hydrogen-bond acceptors (Lipinski definition) is 5. The molecule has 0 radical (unpaired) electrons. The Hall–Kier alpha value is -2.16. The number of carbonyl (C=O) groups excluding carboxylic acids is 3. The zero-order chi connectivity index (χ0) is 22.5. The van der Waals surface area contributed by atoms with E-state index in [1.165, 1.54) is 16.8 Å². The molecule has 0 aromatic rings. The fraction of sp³-hybridized carbons (Fsp3) is 0.800. The van der Waals surface area contributed by atoms with Crippen LogP contribution in [0, 0.1) is 11.8 Å². The summed E-state index contributed by atoms with van der Waals surface area (Å²) in [5.74, 6) is -2.15. The first kappa shape index (κ1) is 24.9. The molecule has 29 heavy (non-hydrogen) atoms. The number of nitrogens with zero attached hydrogens (tertiary/aromatic N) is 3. The Kier molecular flexibility index (Phi) is 9.07. The van der Waals surface area contributed by atoms with Crippen LogP contribution >= 0.6 is 0 Å². The van der Waals surface area contributed by atoms with E-state index in [1.807, 2.05) is 27.7 Å². The molecular weight excluding hydrogens is 376 g/mol. The maximum absolute atomic E-state index is 13.0. The monoisotopic (exact) mass is 412 g/mol. The number of nitrogens with one attached hydrogen (secondary N) is 1. The number of amides is 3. The summed E-state index contributed by atoms with van der Waals surface area (Å²) in [5, 5.41) is 12.0. The van der Waals surface area contributed by atoms with Crippen molar-refractivity contribution in [2.24, 2.45) is 11.8 Å². The largest absolute Gasteiger partial charge is 0.480 e. The fourth-order valence-electron chi connectivity index (χ4n) is 4.04. The summed E-state index contributed by atoms with van der Waals surface area (Å²) < 4.78 is 0. The van der Waals surface area contributed by atoms with Gasteiger partial charge in [0.25, 0.3) is 0 Å². The molecule has 9 heteroatoms. The van der Waals surface area contributed by atoms with Crippen LogP contribution in [0.25, 0.3) is 0 Å². The summed E-state index contributed by atoms with van der Waals surface area (Å²) >= 11 is 0. The highest BCUT2D eigenvalue weighted by Crippen LogP contribution is 2.22. The van der Waals surface area contributed by atoms with Crippen LogP contribution in [0.5, 0.6) is 0 Å². The van der Waals surface area contributed by atoms with E-state index in [4.69, 9.17) is 0 Å². The van der Waals surface area contributed by atoms with E-state index in [9.17, 15) is 24.3 Å². The molecular formula is C20H36N4O5. The lowest BCUT2D eigenvalue weighted by molar-refractivity contribution is -0.153. The van der Waals surface area contributed by atoms with Crippen LogP contribution in [0.1, 0.15) is 40.5 Å². The molecule has 1 aliphatic rings. The predicted octanol–water partition coefficient (Wildman–Crippen LogP) is 0.247. The van der Waals surface area contributed by atoms with E-state index in [0.717, 1.165) is 0 Å². The first-order valence-corrected chi connectivity index (χ1v) is 10.1. The van der Waals surface area contributed by atoms with Gasteiger partial charge in [0, 0.05) is 13.6 Å². The van der Waals surface area contributed by atoms with Gasteiger partial charge < -0.3 is 20.2 Å². The highest BCUT2D eigenvalue weighted by atomic mass is 16.4. The van der Waals surface area contributed by atoms with Crippen LogP contribution in [-0.4, -0.2) is 95.9 Å². The minimum atomic E-state index is -1.02. The number of carboxylic acid groups (broad SMARTS) is 1. The molecule has 0 aliphatic carbocycles. The molecule has 0 bridgehead atoms. The third kappa shape index (κ3) is 6.16. The summed E-state index contributed by atoms with van der Waals surface area (Å²) in [7, 11) is 5.13. The van der Waals surface area contributed by atoms with Gasteiger partial charge in [-0.1, -0.05) is 27.7 Å². The third-order valence-electron chi connectivity index (χ3n) is 5.39. The molecule has 0 saturated carbocycles. The highest BCUT2D eigenvalue weighted by molar-refractivity contribution is 5.93. The van der Waals surface area contributed by atoms with Crippen molar-refractivity contribution in [1.29, 1.82) is 0 Å². The molecule has 1 saturated heterocycles. The Bertz CT molecular complexity index is 612. The molecule has 2 N–H and O–H groups in total. The Labute approximate surface area is 173 Å². The molecule has 9 nitrogen and oxygen atoms in total. The van der Waals surface area contributed by atoms with Gasteiger partial charge in [0.2, 0.25) is 17.7 Å². The molecule has 1 aliphatic heterocycles. The van der Waals surface area contributed by atoms with Crippen LogP contribution in [0.2, 0.25) is 0 Å². The van der Waals surface area contributed by atoms with Crippen LogP contribution < -0.4 is 5.32 Å². The van der Waals surface area contributed by atoms with Crippen LogP contribution in [0.15, 0.2) is 0 Å². The minimum Gasteiger partial charge on any atom is -0.480 e. The van der Waals surface area contributed by atoms with E-state index in [-0.39, 0.29) is 36.2 Å². The van der Waals surface area contributed by atoms with Crippen molar-refractivity contribution in [2.75, 3.05) is 34.2 Å². The SMILES string of the molecule is CC(C)C(C(=O)NCC(=O)N(C)C(C(=O)N1CCC[C@H]1C(=O)O)C(C)C)N(C)C. The van der Waals surface area contributed by atoms with E-state index in [0.29, 0.717) is 19.4 Å². The van der Waals surface area contributed by atoms with Gasteiger partial charge in [-0.3, -0.25) is 19.3 Å². The van der Waals surface area contributed by atoms with Crippen molar-refractivity contribution in [1.82, 2.24) is 20.0 Å². The highest BCUT2D eigenvalue weighted by Gasteiger charge is 2.40. The zero-order valence-electron chi connectivity index (χ0n) is 18.6. The van der Waals surface area contributed by atoms with E-state index < -0.39 is 24.0 Å². The fourth-order valence-corrected chi connectivity index (χ4v) is 4.04. The number of hydrogen-bond donors (Lipinski definition) is 2. The van der Waals surface area contributed by atoms with Gasteiger partial charge in [0.1, 0.15) is 12.1 Å². The van der Waals surface area contributed by atoms with E-state index in [1.54, 1.807) is 19.0 Å². The maximum Gasteiger partial charge on any atom is 0.326 e. The normalized spacial score (nSPS) is 18.8. The first-order valence-electron chi connectivity index (χ1n) is 10.1. The second-order valence-corrected chi connectivity index (χ2v) is 8.59. The van der Waals surface area contributed by atoms with Gasteiger partial charge in [0.15, 0.2) is 0 Å². The number of likely N-dealkylation sites (N-methyl/N-ethyl adjacent to an activating group) is 2. The Morgan fingerprint density at radius 1 is 1.03 bits per heavy atom. The molecule has 0 aromatic carbocycles. The average molecular weight is 413 g/mol. The topological polar surface area (TPSA) is 110 Å². The van der Waals surface area contributed by atoms with Gasteiger partial charge in [-0.25, -0.2) is 4.79 Å². The van der Waals surface area contributed by atoms with Crippen molar-refractivity contribution >= 4 is 23.7 Å². The van der Waals surface area contributed by atoms with Crippen LogP contribution in [-0.2, 0) is 19.2 Å². The lowest BCUT2D eigenvalue weighted by atomic mass is 10.0. The molecule has 1 fully saturated rings. The molecule has 1 heterocycles. The molecule has 3 amide bonds. The van der Waals surface area contributed by atoms with Crippen molar-refractivity contribution < 1.29 is 24.3 Å². The second-order valence-electron chi connectivity index (χ2n) is 8.59. The van der Waals surface area contributed by atoms with Crippen LogP contribution in [0.4, 0.5) is 0 Å². The van der Waals surface area contributed by atoms with E-state index in [2.05, 4.69) is 5.32 Å². The smallest absolute Gasteiger partial charge is 0.326 e. The number of carboxylic acids is 1. The molecule has 166 valence electrons. The van der Waals surface area contributed by atoms with Crippen molar-refractivity contribution in [3.8, 4) is 0 Å². The van der Waals surface area contributed by atoms with Crippen molar-refractivity contribution in [3.05, 3.63) is 0 Å². The zero-order valence-corrected chi connectivity index (χ0v) is 18.6. The van der Waals surface area contributed by atoms with Gasteiger partial charge in [-0.05, 0) is 38.8 Å². The number of carbonyl (C=O) groups is 4. The predicted molar refractivity (Wildman–Crippen MR) is 109 cm³/mol. The lowest BCUT2D eigenvalue weighted by Gasteiger charge is -2.35. The summed E-state index contributed by atoms with van der Waals surface area (Å²) in [5.41, 5.74) is 0. The molecule has 0 spiro atoms. The number of aliphatic carboxylic acids is 1. The minimum absolute atomic E-state index is 0.0749. The second kappa shape index (κ2) is 10.6. The average Bonchev–Trinajstić information content (AvgIpc) is 3.08. The van der Waals surface area contributed by atoms with Crippen molar-refractivity contribution in [2.45, 2.75) is 58.7 Å². The van der Waals surface area contributed by atoms with Crippen molar-refractivity contribution in [3.63, 3.8) is 0 Å². The van der Waals surface area contributed by atoms with Gasteiger partial charge in [0.05, 0.1) is 12.6 Å². The third-order valence-corrected chi connectivity index (χ3v) is 5.39. The van der Waals surface area contributed by atoms with Gasteiger partial charge in [-0.15, -0.1) is 0 Å². The quantitative estimate of drug-likeness (QED) is 0.562. The number of rotatable bonds is 9. The Morgan fingerprint density at radius 2 is 1.59 bits per heavy atom. The molecule has 2 unspecified atom stereocenters. The van der Waals surface area contributed by atoms with E-state index >= 15 is 0 Å². The molecule has 1 rings (SSSR count). The summed E-state index contributed by atoms with van der Waals surface area (Å²) in [4.78, 5) is 54.1. The van der Waals surface area contributed by atoms with Crippen LogP contribution in [0.3, 0.4) is 0 Å². The lowest BCUT2D eigenvalue weighted by Crippen LogP contribution is -2.56. The van der Waals surface area contributed by atoms with Gasteiger partial charge >= 0.3 is 5.97 Å². The maximum atomic E-state index is 13.0. The van der Waals surface area contributed by atoms with Gasteiger partial charge in [-0.2, -0.15) is 0 Å². The summed E-state index contributed by atoms with van der Waals surface area (Å²) in [6, 6.07) is -2.00. The molecule has 3 atom stereocenters. The summed E-state index contributed by atoms with van der Waals surface area (Å²) in [6.45, 7) is 7.65. The first-order chi connectivity index (χ1) is 13.4. The Morgan fingerprint density at radius 3 is 2.03 bits per heavy atom. The standard InChI is InChI=1S/C20H36N4O5/c1-12(2)16(22(5)6)18(26)21-11-15(25)23(7)17(13(3)4)19(27)24-10-8-9-14(24)20(28)29/h12-14,16-17H,8-11H2,1-7H3,(H,21,26)(H,28,29)/t14-,16?,17?/m0/s1. The molecule has 0 aromatic heterocycles. The summed E-state index contributed by atoms with van der Waals surface area (Å²) in [6.07, 6.45) is 1.04. The number of likely N-dealkylation sites (tertiary alicyclic amines) is 1. The Balaban J connectivity index is 2.84.